The Morgan fingerprint density at radius 2 is 1.56 bits per heavy atom. The van der Waals surface area contributed by atoms with Crippen LogP contribution in [0.4, 0.5) is 0 Å². The molecule has 0 fully saturated rings. The number of aliphatic hydroxyl groups is 4. The minimum absolute atomic E-state index is 0.0967. The summed E-state index contributed by atoms with van der Waals surface area (Å²) >= 11 is 0. The van der Waals surface area contributed by atoms with E-state index in [1.807, 2.05) is 0 Å². The maximum Gasteiger partial charge on any atom is 0.0823 e. The second-order valence-electron chi connectivity index (χ2n) is 4.39. The molecule has 0 aliphatic heterocycles. The molecule has 0 aromatic rings. The maximum atomic E-state index is 9.61. The fraction of sp³-hybridized carbons (Fsp3) is 1.00. The Kier molecular flexibility index (Phi) is 9.92. The molecule has 4 heteroatoms. The SMILES string of the molecule is CCCCCCC(O)C(O)CC(O)CCO. The molecule has 3 atom stereocenters. The predicted molar refractivity (Wildman–Crippen MR) is 63.1 cm³/mol. The lowest BCUT2D eigenvalue weighted by atomic mass is 10.00. The second kappa shape index (κ2) is 10.0. The van der Waals surface area contributed by atoms with Gasteiger partial charge in [0, 0.05) is 13.0 Å². The largest absolute Gasteiger partial charge is 0.396 e. The summed E-state index contributed by atoms with van der Waals surface area (Å²) in [6, 6.07) is 0. The van der Waals surface area contributed by atoms with Crippen molar-refractivity contribution >= 4 is 0 Å². The molecule has 0 aromatic heterocycles. The molecule has 0 rings (SSSR count). The van der Waals surface area contributed by atoms with Crippen LogP contribution in [0.15, 0.2) is 0 Å². The molecule has 4 N–H and O–H groups in total. The molecule has 4 nitrogen and oxygen atoms in total. The van der Waals surface area contributed by atoms with E-state index in [2.05, 4.69) is 6.92 Å². The van der Waals surface area contributed by atoms with Crippen LogP contribution in [0.25, 0.3) is 0 Å². The Hall–Kier alpha value is -0.160. The molecule has 3 unspecified atom stereocenters. The smallest absolute Gasteiger partial charge is 0.0823 e. The van der Waals surface area contributed by atoms with Crippen molar-refractivity contribution in [2.75, 3.05) is 6.61 Å². The summed E-state index contributed by atoms with van der Waals surface area (Å²) < 4.78 is 0. The zero-order valence-corrected chi connectivity index (χ0v) is 10.2. The van der Waals surface area contributed by atoms with Crippen LogP contribution in [0.2, 0.25) is 0 Å². The molecule has 0 amide bonds. The topological polar surface area (TPSA) is 80.9 Å². The van der Waals surface area contributed by atoms with Crippen molar-refractivity contribution in [3.8, 4) is 0 Å². The molecule has 0 bridgehead atoms. The third-order valence-electron chi connectivity index (χ3n) is 2.77. The standard InChI is InChI=1S/C12H26O4/c1-2-3-4-5-6-11(15)12(16)9-10(14)7-8-13/h10-16H,2-9H2,1H3. The van der Waals surface area contributed by atoms with Gasteiger partial charge in [-0.25, -0.2) is 0 Å². The summed E-state index contributed by atoms with van der Waals surface area (Å²) in [4.78, 5) is 0. The van der Waals surface area contributed by atoms with Crippen molar-refractivity contribution in [2.45, 2.75) is 70.2 Å². The Bertz CT molecular complexity index is 152. The van der Waals surface area contributed by atoms with Gasteiger partial charge in [0.1, 0.15) is 0 Å². The van der Waals surface area contributed by atoms with Gasteiger partial charge in [-0.3, -0.25) is 0 Å². The molecule has 0 radical (unpaired) electrons. The van der Waals surface area contributed by atoms with Gasteiger partial charge in [0.25, 0.3) is 0 Å². The highest BCUT2D eigenvalue weighted by molar-refractivity contribution is 4.71. The lowest BCUT2D eigenvalue weighted by molar-refractivity contribution is -0.0203. The third kappa shape index (κ3) is 8.05. The van der Waals surface area contributed by atoms with Gasteiger partial charge in [-0.2, -0.15) is 0 Å². The lowest BCUT2D eigenvalue weighted by Gasteiger charge is -2.20. The van der Waals surface area contributed by atoms with E-state index >= 15 is 0 Å². The van der Waals surface area contributed by atoms with Gasteiger partial charge in [-0.1, -0.05) is 32.6 Å². The van der Waals surface area contributed by atoms with Crippen molar-refractivity contribution in [3.63, 3.8) is 0 Å². The number of rotatable bonds is 10. The van der Waals surface area contributed by atoms with E-state index < -0.39 is 18.3 Å². The molecule has 0 saturated heterocycles. The maximum absolute atomic E-state index is 9.61. The van der Waals surface area contributed by atoms with Crippen LogP contribution in [0.1, 0.15) is 51.9 Å². The van der Waals surface area contributed by atoms with E-state index in [4.69, 9.17) is 5.11 Å². The first-order valence-corrected chi connectivity index (χ1v) is 6.26. The molecule has 0 aliphatic carbocycles. The number of unbranched alkanes of at least 4 members (excludes halogenated alkanes) is 3. The van der Waals surface area contributed by atoms with Crippen LogP contribution in [-0.2, 0) is 0 Å². The van der Waals surface area contributed by atoms with Crippen molar-refractivity contribution in [1.82, 2.24) is 0 Å². The summed E-state index contributed by atoms with van der Waals surface area (Å²) in [6.07, 6.45) is 2.85. The van der Waals surface area contributed by atoms with Gasteiger partial charge in [0.2, 0.25) is 0 Å². The highest BCUT2D eigenvalue weighted by Crippen LogP contribution is 2.12. The van der Waals surface area contributed by atoms with Crippen molar-refractivity contribution in [3.05, 3.63) is 0 Å². The summed E-state index contributed by atoms with van der Waals surface area (Å²) in [7, 11) is 0. The van der Waals surface area contributed by atoms with Gasteiger partial charge in [-0.05, 0) is 12.8 Å². The molecule has 0 heterocycles. The van der Waals surface area contributed by atoms with Gasteiger partial charge in [0.05, 0.1) is 18.3 Å². The quantitative estimate of drug-likeness (QED) is 0.422. The van der Waals surface area contributed by atoms with E-state index in [-0.39, 0.29) is 19.4 Å². The van der Waals surface area contributed by atoms with Crippen molar-refractivity contribution in [2.24, 2.45) is 0 Å². The molecule has 98 valence electrons. The average Bonchev–Trinajstić information content (AvgIpc) is 2.24. The van der Waals surface area contributed by atoms with E-state index in [1.165, 1.54) is 0 Å². The summed E-state index contributed by atoms with van der Waals surface area (Å²) in [5, 5.41) is 37.1. The second-order valence-corrected chi connectivity index (χ2v) is 4.39. The zero-order valence-electron chi connectivity index (χ0n) is 10.2. The van der Waals surface area contributed by atoms with E-state index in [9.17, 15) is 15.3 Å². The molecular formula is C12H26O4. The minimum atomic E-state index is -0.886. The Morgan fingerprint density at radius 3 is 2.12 bits per heavy atom. The Balaban J connectivity index is 3.59. The molecular weight excluding hydrogens is 208 g/mol. The minimum Gasteiger partial charge on any atom is -0.396 e. The van der Waals surface area contributed by atoms with Crippen LogP contribution < -0.4 is 0 Å². The first kappa shape index (κ1) is 15.8. The fourth-order valence-corrected chi connectivity index (χ4v) is 1.68. The zero-order chi connectivity index (χ0) is 12.4. The van der Waals surface area contributed by atoms with E-state index in [1.54, 1.807) is 0 Å². The average molecular weight is 234 g/mol. The van der Waals surface area contributed by atoms with E-state index in [0.717, 1.165) is 25.7 Å². The lowest BCUT2D eigenvalue weighted by Crippen LogP contribution is -2.30. The van der Waals surface area contributed by atoms with Gasteiger partial charge >= 0.3 is 0 Å². The Morgan fingerprint density at radius 1 is 0.875 bits per heavy atom. The molecule has 0 saturated carbocycles. The number of hydrogen-bond acceptors (Lipinski definition) is 4. The first-order chi connectivity index (χ1) is 7.61. The van der Waals surface area contributed by atoms with E-state index in [0.29, 0.717) is 6.42 Å². The van der Waals surface area contributed by atoms with Crippen molar-refractivity contribution < 1.29 is 20.4 Å². The first-order valence-electron chi connectivity index (χ1n) is 6.26. The van der Waals surface area contributed by atoms with Crippen LogP contribution in [0.5, 0.6) is 0 Å². The number of hydrogen-bond donors (Lipinski definition) is 4. The molecule has 0 aliphatic rings. The molecule has 16 heavy (non-hydrogen) atoms. The fourth-order valence-electron chi connectivity index (χ4n) is 1.68. The van der Waals surface area contributed by atoms with Crippen LogP contribution in [-0.4, -0.2) is 45.3 Å². The molecule has 0 aromatic carbocycles. The predicted octanol–water partition coefficient (Wildman–Crippen LogP) is 0.812. The van der Waals surface area contributed by atoms with Crippen LogP contribution in [0, 0.1) is 0 Å². The van der Waals surface area contributed by atoms with Gasteiger partial charge in [-0.15, -0.1) is 0 Å². The van der Waals surface area contributed by atoms with Gasteiger partial charge < -0.3 is 20.4 Å². The third-order valence-corrected chi connectivity index (χ3v) is 2.77. The highest BCUT2D eigenvalue weighted by atomic mass is 16.3. The molecule has 0 spiro atoms. The monoisotopic (exact) mass is 234 g/mol. The summed E-state index contributed by atoms with van der Waals surface area (Å²) in [5.74, 6) is 0. The van der Waals surface area contributed by atoms with Crippen LogP contribution in [0.3, 0.4) is 0 Å². The van der Waals surface area contributed by atoms with Crippen LogP contribution >= 0.6 is 0 Å². The summed E-state index contributed by atoms with van der Waals surface area (Å²) in [6.45, 7) is 2.02. The Labute approximate surface area is 97.9 Å². The van der Waals surface area contributed by atoms with Gasteiger partial charge in [0.15, 0.2) is 0 Å². The van der Waals surface area contributed by atoms with Crippen molar-refractivity contribution in [1.29, 1.82) is 0 Å². The summed E-state index contributed by atoms with van der Waals surface area (Å²) in [5.41, 5.74) is 0. The number of aliphatic hydroxyl groups excluding tert-OH is 4. The highest BCUT2D eigenvalue weighted by Gasteiger charge is 2.19. The normalized spacial score (nSPS) is 17.1.